The molecule has 0 heterocycles. The summed E-state index contributed by atoms with van der Waals surface area (Å²) in [6.45, 7) is 0. The maximum Gasteiger partial charge on any atom is 0.173 e. The summed E-state index contributed by atoms with van der Waals surface area (Å²) in [6, 6.07) is 15.5. The van der Waals surface area contributed by atoms with E-state index in [0.29, 0.717) is 21.8 Å². The van der Waals surface area contributed by atoms with Gasteiger partial charge in [0.05, 0.1) is 10.7 Å². The molecule has 0 fully saturated rings. The van der Waals surface area contributed by atoms with Gasteiger partial charge in [0.15, 0.2) is 11.6 Å². The molecule has 0 unspecified atom stereocenters. The molecule has 3 aromatic carbocycles. The minimum absolute atomic E-state index is 0.0697. The van der Waals surface area contributed by atoms with Gasteiger partial charge in [0.2, 0.25) is 0 Å². The predicted molar refractivity (Wildman–Crippen MR) is 97.7 cm³/mol. The first-order valence-electron chi connectivity index (χ1n) is 6.78. The van der Waals surface area contributed by atoms with Crippen molar-refractivity contribution in [1.82, 2.24) is 0 Å². The lowest BCUT2D eigenvalue weighted by Gasteiger charge is -2.06. The van der Waals surface area contributed by atoms with E-state index >= 15 is 0 Å². The molecule has 0 spiro atoms. The molecule has 0 radical (unpaired) electrons. The molecular weight excluding hydrogens is 408 g/mol. The van der Waals surface area contributed by atoms with Crippen LogP contribution in [0.25, 0.3) is 21.5 Å². The van der Waals surface area contributed by atoms with Crippen molar-refractivity contribution in [3.8, 4) is 0 Å². The molecule has 2 nitrogen and oxygen atoms in total. The van der Waals surface area contributed by atoms with E-state index < -0.39 is 0 Å². The third kappa shape index (κ3) is 2.85. The van der Waals surface area contributed by atoms with Gasteiger partial charge in [0.25, 0.3) is 0 Å². The maximum absolute atomic E-state index is 11.8. The molecule has 0 aromatic heterocycles. The topological polar surface area (TPSA) is 34.1 Å². The average Bonchev–Trinajstić information content (AvgIpc) is 2.57. The zero-order valence-corrected chi connectivity index (χ0v) is 14.8. The molecule has 0 aliphatic heterocycles. The van der Waals surface area contributed by atoms with Crippen molar-refractivity contribution in [3.63, 3.8) is 0 Å². The maximum atomic E-state index is 11.8. The lowest BCUT2D eigenvalue weighted by molar-refractivity contribution is 0.101. The fourth-order valence-corrected chi connectivity index (χ4v) is 3.15. The highest BCUT2D eigenvalue weighted by Gasteiger charge is 2.08. The summed E-state index contributed by atoms with van der Waals surface area (Å²) >= 11 is 6.40. The Labute approximate surface area is 144 Å². The van der Waals surface area contributed by atoms with Gasteiger partial charge >= 0.3 is 0 Å². The summed E-state index contributed by atoms with van der Waals surface area (Å²) in [6.07, 6.45) is 0. The molecule has 0 amide bonds. The quantitative estimate of drug-likeness (QED) is 0.333. The number of Topliss-reactive ketones (excluding diaryl/α,β-unsaturated/α-hetero) is 2. The van der Waals surface area contributed by atoms with E-state index in [9.17, 15) is 9.59 Å². The zero-order valence-electron chi connectivity index (χ0n) is 11.6. The summed E-state index contributed by atoms with van der Waals surface area (Å²) in [5.74, 6) is 0.139. The van der Waals surface area contributed by atoms with Gasteiger partial charge in [-0.25, -0.2) is 0 Å². The molecule has 0 bridgehead atoms. The number of carbonyl (C=O) groups is 2. The Morgan fingerprint density at radius 3 is 1.41 bits per heavy atom. The molecule has 110 valence electrons. The number of fused-ring (bicyclic) bond motifs is 2. The smallest absolute Gasteiger partial charge is 0.173 e. The standard InChI is InChI=1S/C18H12Br2O2/c19-9-17(21)13-3-1-11-5-16-8-14(18(22)10-20)4-2-12(16)6-15(11)7-13/h1-8H,9-10H2. The van der Waals surface area contributed by atoms with Crippen LogP contribution in [0.2, 0.25) is 0 Å². The first-order chi connectivity index (χ1) is 10.6. The lowest BCUT2D eigenvalue weighted by atomic mass is 9.98. The highest BCUT2D eigenvalue weighted by molar-refractivity contribution is 9.09. The van der Waals surface area contributed by atoms with E-state index in [-0.39, 0.29) is 11.6 Å². The Morgan fingerprint density at radius 1 is 0.636 bits per heavy atom. The number of ketones is 2. The van der Waals surface area contributed by atoms with Crippen LogP contribution < -0.4 is 0 Å². The van der Waals surface area contributed by atoms with Crippen LogP contribution in [0.5, 0.6) is 0 Å². The molecule has 3 rings (SSSR count). The number of carbonyl (C=O) groups excluding carboxylic acids is 2. The van der Waals surface area contributed by atoms with Crippen LogP contribution >= 0.6 is 31.9 Å². The minimum atomic E-state index is 0.0697. The zero-order chi connectivity index (χ0) is 15.7. The van der Waals surface area contributed by atoms with Gasteiger partial charge in [-0.15, -0.1) is 0 Å². The number of alkyl halides is 2. The molecule has 0 saturated heterocycles. The highest BCUT2D eigenvalue weighted by atomic mass is 79.9. The van der Waals surface area contributed by atoms with Gasteiger partial charge in [0.1, 0.15) is 0 Å². The van der Waals surface area contributed by atoms with Crippen molar-refractivity contribution < 1.29 is 9.59 Å². The largest absolute Gasteiger partial charge is 0.293 e. The first kappa shape index (κ1) is 15.4. The fraction of sp³-hybridized carbons (Fsp3) is 0.111. The van der Waals surface area contributed by atoms with Crippen LogP contribution in [0, 0.1) is 0 Å². The van der Waals surface area contributed by atoms with E-state index in [1.807, 2.05) is 36.4 Å². The number of benzene rings is 3. The molecule has 0 saturated carbocycles. The highest BCUT2D eigenvalue weighted by Crippen LogP contribution is 2.25. The van der Waals surface area contributed by atoms with Gasteiger partial charge in [-0.05, 0) is 45.8 Å². The van der Waals surface area contributed by atoms with Gasteiger partial charge in [-0.1, -0.05) is 56.1 Å². The van der Waals surface area contributed by atoms with E-state index in [1.165, 1.54) is 0 Å². The van der Waals surface area contributed by atoms with E-state index in [2.05, 4.69) is 44.0 Å². The second-order valence-electron chi connectivity index (χ2n) is 5.09. The molecule has 4 heteroatoms. The predicted octanol–water partition coefficient (Wildman–Crippen LogP) is 5.15. The second kappa shape index (κ2) is 6.31. The molecule has 0 aliphatic carbocycles. The Balaban J connectivity index is 2.17. The van der Waals surface area contributed by atoms with Gasteiger partial charge < -0.3 is 0 Å². The van der Waals surface area contributed by atoms with Gasteiger partial charge in [-0.2, -0.15) is 0 Å². The normalized spacial score (nSPS) is 11.0. The number of hydrogen-bond acceptors (Lipinski definition) is 2. The van der Waals surface area contributed by atoms with Crippen LogP contribution in [-0.2, 0) is 0 Å². The molecule has 0 N–H and O–H groups in total. The summed E-state index contributed by atoms with van der Waals surface area (Å²) in [5.41, 5.74) is 1.41. The number of halogens is 2. The lowest BCUT2D eigenvalue weighted by Crippen LogP contribution is -2.00. The monoisotopic (exact) mass is 418 g/mol. The van der Waals surface area contributed by atoms with Crippen molar-refractivity contribution in [3.05, 3.63) is 59.7 Å². The van der Waals surface area contributed by atoms with Crippen LogP contribution in [0.15, 0.2) is 48.5 Å². The fourth-order valence-electron chi connectivity index (χ4n) is 2.50. The Hall–Kier alpha value is -1.52. The van der Waals surface area contributed by atoms with E-state index in [0.717, 1.165) is 21.5 Å². The number of rotatable bonds is 4. The SMILES string of the molecule is O=C(CBr)c1ccc2cc3cc(C(=O)CBr)ccc3cc2c1. The summed E-state index contributed by atoms with van der Waals surface area (Å²) in [4.78, 5) is 23.6. The van der Waals surface area contributed by atoms with Crippen LogP contribution in [0.3, 0.4) is 0 Å². The Bertz CT molecular complexity index is 825. The van der Waals surface area contributed by atoms with Gasteiger partial charge in [-0.3, -0.25) is 9.59 Å². The first-order valence-corrected chi connectivity index (χ1v) is 9.02. The number of hydrogen-bond donors (Lipinski definition) is 0. The minimum Gasteiger partial charge on any atom is -0.293 e. The molecular formula is C18H12Br2O2. The van der Waals surface area contributed by atoms with E-state index in [4.69, 9.17) is 0 Å². The summed E-state index contributed by atoms with van der Waals surface area (Å²) < 4.78 is 0. The van der Waals surface area contributed by atoms with Crippen LogP contribution in [-0.4, -0.2) is 22.2 Å². The third-order valence-corrected chi connectivity index (χ3v) is 4.70. The Morgan fingerprint density at radius 2 is 1.05 bits per heavy atom. The molecule has 22 heavy (non-hydrogen) atoms. The Kier molecular flexibility index (Phi) is 4.41. The second-order valence-corrected chi connectivity index (χ2v) is 6.21. The van der Waals surface area contributed by atoms with Crippen molar-refractivity contribution in [2.45, 2.75) is 0 Å². The average molecular weight is 420 g/mol. The van der Waals surface area contributed by atoms with Crippen LogP contribution in [0.1, 0.15) is 20.7 Å². The summed E-state index contributed by atoms with van der Waals surface area (Å²) in [5, 5.41) is 4.82. The van der Waals surface area contributed by atoms with Crippen LogP contribution in [0.4, 0.5) is 0 Å². The van der Waals surface area contributed by atoms with Crippen molar-refractivity contribution in [2.75, 3.05) is 10.7 Å². The van der Waals surface area contributed by atoms with Crippen molar-refractivity contribution in [2.24, 2.45) is 0 Å². The molecule has 0 atom stereocenters. The van der Waals surface area contributed by atoms with Crippen molar-refractivity contribution >= 4 is 65.0 Å². The van der Waals surface area contributed by atoms with Crippen molar-refractivity contribution in [1.29, 1.82) is 0 Å². The third-order valence-electron chi connectivity index (χ3n) is 3.68. The molecule has 3 aromatic rings. The summed E-state index contributed by atoms with van der Waals surface area (Å²) in [7, 11) is 0. The van der Waals surface area contributed by atoms with Gasteiger partial charge in [0, 0.05) is 11.1 Å². The molecule has 0 aliphatic rings. The van der Waals surface area contributed by atoms with E-state index in [1.54, 1.807) is 0 Å².